The summed E-state index contributed by atoms with van der Waals surface area (Å²) in [5, 5.41) is 3.65. The van der Waals surface area contributed by atoms with Crippen LogP contribution >= 0.6 is 0 Å². The second-order valence-electron chi connectivity index (χ2n) is 5.44. The Morgan fingerprint density at radius 1 is 1.35 bits per heavy atom. The molecular formula is C14H30N2O. The molecule has 2 atom stereocenters. The highest BCUT2D eigenvalue weighted by molar-refractivity contribution is 4.87. The average molecular weight is 242 g/mol. The Kier molecular flexibility index (Phi) is 7.09. The molecule has 0 amide bonds. The summed E-state index contributed by atoms with van der Waals surface area (Å²) in [5.41, 5.74) is 0. The third kappa shape index (κ3) is 4.94. The van der Waals surface area contributed by atoms with Crippen molar-refractivity contribution in [2.75, 3.05) is 26.8 Å². The van der Waals surface area contributed by atoms with Crippen LogP contribution in [0.1, 0.15) is 46.5 Å². The van der Waals surface area contributed by atoms with E-state index in [0.717, 1.165) is 31.8 Å². The van der Waals surface area contributed by atoms with E-state index in [0.29, 0.717) is 6.04 Å². The van der Waals surface area contributed by atoms with Crippen LogP contribution in [0.15, 0.2) is 0 Å². The molecule has 1 aliphatic carbocycles. The van der Waals surface area contributed by atoms with Gasteiger partial charge in [0.15, 0.2) is 0 Å². The first-order chi connectivity index (χ1) is 8.19. The van der Waals surface area contributed by atoms with Crippen molar-refractivity contribution in [2.45, 2.75) is 64.6 Å². The van der Waals surface area contributed by atoms with E-state index < -0.39 is 0 Å². The van der Waals surface area contributed by atoms with Crippen molar-refractivity contribution in [3.8, 4) is 0 Å². The Hall–Kier alpha value is -0.120. The molecule has 0 aromatic rings. The highest BCUT2D eigenvalue weighted by Gasteiger charge is 2.29. The highest BCUT2D eigenvalue weighted by atomic mass is 16.5. The third-order valence-corrected chi connectivity index (χ3v) is 3.77. The molecule has 1 aliphatic rings. The largest absolute Gasteiger partial charge is 0.383 e. The van der Waals surface area contributed by atoms with Gasteiger partial charge in [-0.2, -0.15) is 0 Å². The number of nitrogens with zero attached hydrogens (tertiary/aromatic N) is 1. The number of hydrogen-bond acceptors (Lipinski definition) is 3. The van der Waals surface area contributed by atoms with Gasteiger partial charge in [0.2, 0.25) is 0 Å². The van der Waals surface area contributed by atoms with Gasteiger partial charge in [0, 0.05) is 31.8 Å². The lowest BCUT2D eigenvalue weighted by Gasteiger charge is -2.32. The minimum Gasteiger partial charge on any atom is -0.383 e. The van der Waals surface area contributed by atoms with Crippen molar-refractivity contribution in [2.24, 2.45) is 0 Å². The van der Waals surface area contributed by atoms with Crippen LogP contribution in [0.25, 0.3) is 0 Å². The maximum Gasteiger partial charge on any atom is 0.0589 e. The van der Waals surface area contributed by atoms with Gasteiger partial charge in [-0.15, -0.1) is 0 Å². The van der Waals surface area contributed by atoms with E-state index in [1.165, 1.54) is 25.7 Å². The lowest BCUT2D eigenvalue weighted by molar-refractivity contribution is 0.0965. The molecule has 0 aromatic heterocycles. The maximum absolute atomic E-state index is 5.22. The maximum atomic E-state index is 5.22. The smallest absolute Gasteiger partial charge is 0.0589 e. The zero-order valence-electron chi connectivity index (χ0n) is 12.0. The van der Waals surface area contributed by atoms with Crippen LogP contribution in [-0.4, -0.2) is 49.8 Å². The van der Waals surface area contributed by atoms with Gasteiger partial charge in [-0.05, 0) is 46.1 Å². The third-order valence-electron chi connectivity index (χ3n) is 3.77. The van der Waals surface area contributed by atoms with Crippen molar-refractivity contribution in [3.63, 3.8) is 0 Å². The lowest BCUT2D eigenvalue weighted by Crippen LogP contribution is -2.42. The van der Waals surface area contributed by atoms with E-state index in [4.69, 9.17) is 4.74 Å². The van der Waals surface area contributed by atoms with Crippen molar-refractivity contribution < 1.29 is 4.74 Å². The van der Waals surface area contributed by atoms with Gasteiger partial charge in [-0.25, -0.2) is 0 Å². The first kappa shape index (κ1) is 14.9. The molecule has 1 rings (SSSR count). The Morgan fingerprint density at radius 2 is 2.12 bits per heavy atom. The van der Waals surface area contributed by atoms with Gasteiger partial charge >= 0.3 is 0 Å². The van der Waals surface area contributed by atoms with Crippen LogP contribution in [0.5, 0.6) is 0 Å². The van der Waals surface area contributed by atoms with Crippen LogP contribution in [0.2, 0.25) is 0 Å². The van der Waals surface area contributed by atoms with Crippen molar-refractivity contribution in [1.82, 2.24) is 10.2 Å². The Morgan fingerprint density at radius 3 is 2.71 bits per heavy atom. The molecule has 1 N–H and O–H groups in total. The SMILES string of the molecule is CCCNC1CCC(N(CCOC)C(C)C)C1. The second-order valence-corrected chi connectivity index (χ2v) is 5.44. The number of rotatable bonds is 8. The number of nitrogens with one attached hydrogen (secondary N) is 1. The van der Waals surface area contributed by atoms with Crippen LogP contribution in [-0.2, 0) is 4.74 Å². The van der Waals surface area contributed by atoms with Crippen molar-refractivity contribution >= 4 is 0 Å². The summed E-state index contributed by atoms with van der Waals surface area (Å²) in [7, 11) is 1.79. The van der Waals surface area contributed by atoms with Gasteiger partial charge in [0.05, 0.1) is 6.61 Å². The highest BCUT2D eigenvalue weighted by Crippen LogP contribution is 2.25. The molecule has 2 unspecified atom stereocenters. The summed E-state index contributed by atoms with van der Waals surface area (Å²) >= 11 is 0. The van der Waals surface area contributed by atoms with E-state index >= 15 is 0 Å². The van der Waals surface area contributed by atoms with Gasteiger partial charge in [0.1, 0.15) is 0 Å². The summed E-state index contributed by atoms with van der Waals surface area (Å²) in [4.78, 5) is 2.61. The van der Waals surface area contributed by atoms with E-state index in [9.17, 15) is 0 Å². The van der Waals surface area contributed by atoms with Crippen LogP contribution in [0.4, 0.5) is 0 Å². The summed E-state index contributed by atoms with van der Waals surface area (Å²) in [5.74, 6) is 0. The fourth-order valence-electron chi connectivity index (χ4n) is 2.85. The molecule has 17 heavy (non-hydrogen) atoms. The monoisotopic (exact) mass is 242 g/mol. The Balaban J connectivity index is 2.37. The molecule has 0 spiro atoms. The van der Waals surface area contributed by atoms with Gasteiger partial charge < -0.3 is 10.1 Å². The van der Waals surface area contributed by atoms with E-state index in [-0.39, 0.29) is 0 Å². The molecule has 3 heteroatoms. The van der Waals surface area contributed by atoms with E-state index in [1.54, 1.807) is 7.11 Å². The summed E-state index contributed by atoms with van der Waals surface area (Å²) in [6.45, 7) is 9.90. The zero-order chi connectivity index (χ0) is 12.7. The second kappa shape index (κ2) is 8.06. The molecule has 3 nitrogen and oxygen atoms in total. The summed E-state index contributed by atoms with van der Waals surface area (Å²) < 4.78 is 5.22. The molecule has 0 heterocycles. The van der Waals surface area contributed by atoms with Crippen LogP contribution in [0.3, 0.4) is 0 Å². The normalized spacial score (nSPS) is 25.1. The Bertz CT molecular complexity index is 197. The molecule has 0 bridgehead atoms. The lowest BCUT2D eigenvalue weighted by atomic mass is 10.1. The van der Waals surface area contributed by atoms with Crippen LogP contribution in [0, 0.1) is 0 Å². The molecule has 0 aromatic carbocycles. The quantitative estimate of drug-likeness (QED) is 0.706. The molecule has 0 saturated heterocycles. The molecule has 1 fully saturated rings. The minimum absolute atomic E-state index is 0.625. The molecule has 0 aliphatic heterocycles. The van der Waals surface area contributed by atoms with Gasteiger partial charge in [0.25, 0.3) is 0 Å². The molecule has 102 valence electrons. The van der Waals surface area contributed by atoms with Gasteiger partial charge in [-0.1, -0.05) is 6.92 Å². The summed E-state index contributed by atoms with van der Waals surface area (Å²) in [6.07, 6.45) is 5.21. The number of hydrogen-bond donors (Lipinski definition) is 1. The van der Waals surface area contributed by atoms with E-state index in [1.807, 2.05) is 0 Å². The average Bonchev–Trinajstić information content (AvgIpc) is 2.75. The standard InChI is InChI=1S/C14H30N2O/c1-5-8-15-13-6-7-14(11-13)16(12(2)3)9-10-17-4/h12-15H,5-11H2,1-4H3. The fourth-order valence-corrected chi connectivity index (χ4v) is 2.85. The minimum atomic E-state index is 0.625. The first-order valence-electron chi connectivity index (χ1n) is 7.17. The molecule has 0 radical (unpaired) electrons. The zero-order valence-corrected chi connectivity index (χ0v) is 12.0. The molecule has 1 saturated carbocycles. The van der Waals surface area contributed by atoms with E-state index in [2.05, 4.69) is 31.0 Å². The fraction of sp³-hybridized carbons (Fsp3) is 1.00. The van der Waals surface area contributed by atoms with Gasteiger partial charge in [-0.3, -0.25) is 4.90 Å². The summed E-state index contributed by atoms with van der Waals surface area (Å²) in [6, 6.07) is 2.11. The van der Waals surface area contributed by atoms with Crippen LogP contribution < -0.4 is 5.32 Å². The molecular weight excluding hydrogens is 212 g/mol. The Labute approximate surface area is 107 Å². The van der Waals surface area contributed by atoms with Crippen molar-refractivity contribution in [3.05, 3.63) is 0 Å². The number of methoxy groups -OCH3 is 1. The van der Waals surface area contributed by atoms with Crippen molar-refractivity contribution in [1.29, 1.82) is 0 Å². The topological polar surface area (TPSA) is 24.5 Å². The number of ether oxygens (including phenoxy) is 1. The predicted octanol–water partition coefficient (Wildman–Crippen LogP) is 2.26. The first-order valence-corrected chi connectivity index (χ1v) is 7.17. The predicted molar refractivity (Wildman–Crippen MR) is 73.4 cm³/mol.